The average Bonchev–Trinajstić information content (AvgIpc) is 2.39. The van der Waals surface area contributed by atoms with E-state index < -0.39 is 5.41 Å². The summed E-state index contributed by atoms with van der Waals surface area (Å²) in [6.07, 6.45) is 1.86. The van der Waals surface area contributed by atoms with E-state index in [1.807, 2.05) is 13.8 Å². The van der Waals surface area contributed by atoms with E-state index in [1.165, 1.54) is 12.1 Å². The Hall–Kier alpha value is -2.23. The predicted molar refractivity (Wildman–Crippen MR) is 76.8 cm³/mol. The van der Waals surface area contributed by atoms with E-state index in [9.17, 15) is 9.18 Å². The fourth-order valence-corrected chi connectivity index (χ4v) is 2.04. The summed E-state index contributed by atoms with van der Waals surface area (Å²) in [6.45, 7) is 3.68. The number of carbonyl (C=O) groups is 1. The van der Waals surface area contributed by atoms with Crippen molar-refractivity contribution in [3.63, 3.8) is 0 Å². The van der Waals surface area contributed by atoms with Crippen molar-refractivity contribution in [1.82, 2.24) is 4.98 Å². The lowest BCUT2D eigenvalue weighted by atomic mass is 9.78. The van der Waals surface area contributed by atoms with Crippen molar-refractivity contribution in [2.45, 2.75) is 25.7 Å². The van der Waals surface area contributed by atoms with Crippen molar-refractivity contribution in [3.8, 4) is 0 Å². The molecule has 3 nitrogen and oxygen atoms in total. The minimum atomic E-state index is -0.675. The molecular weight excluding hydrogens is 255 g/mol. The van der Waals surface area contributed by atoms with Gasteiger partial charge in [0.15, 0.2) is 0 Å². The molecule has 0 radical (unpaired) electrons. The van der Waals surface area contributed by atoms with Gasteiger partial charge in [0.25, 0.3) is 0 Å². The number of benzene rings is 1. The van der Waals surface area contributed by atoms with Gasteiger partial charge in [-0.25, -0.2) is 9.37 Å². The molecule has 0 amide bonds. The molecule has 0 spiro atoms. The number of ketones is 1. The number of carbonyl (C=O) groups excluding carboxylic acids is 1. The van der Waals surface area contributed by atoms with Gasteiger partial charge in [-0.05, 0) is 49.2 Å². The van der Waals surface area contributed by atoms with E-state index in [4.69, 9.17) is 5.73 Å². The lowest BCUT2D eigenvalue weighted by molar-refractivity contribution is -0.122. The molecular formula is C16H17FN2O. The first-order valence-electron chi connectivity index (χ1n) is 6.39. The number of hydrogen-bond donors (Lipinski definition) is 1. The summed E-state index contributed by atoms with van der Waals surface area (Å²) < 4.78 is 13.0. The highest BCUT2D eigenvalue weighted by Gasteiger charge is 2.29. The second-order valence-corrected chi connectivity index (χ2v) is 5.32. The van der Waals surface area contributed by atoms with Crippen LogP contribution in [-0.2, 0) is 16.6 Å². The molecule has 0 fully saturated rings. The van der Waals surface area contributed by atoms with Crippen LogP contribution in [0.5, 0.6) is 0 Å². The molecule has 1 aromatic carbocycles. The SMILES string of the molecule is CC(C)(C(=O)Cc1ccnc(N)c1)c1ccc(F)cc1. The number of anilines is 1. The number of nitrogens with zero attached hydrogens (tertiary/aromatic N) is 1. The summed E-state index contributed by atoms with van der Waals surface area (Å²) >= 11 is 0. The molecule has 0 aliphatic carbocycles. The molecule has 1 heterocycles. The minimum Gasteiger partial charge on any atom is -0.384 e. The molecule has 0 bridgehead atoms. The molecule has 20 heavy (non-hydrogen) atoms. The quantitative estimate of drug-likeness (QED) is 0.931. The molecule has 4 heteroatoms. The Morgan fingerprint density at radius 3 is 2.50 bits per heavy atom. The van der Waals surface area contributed by atoms with Crippen molar-refractivity contribution in [1.29, 1.82) is 0 Å². The summed E-state index contributed by atoms with van der Waals surface area (Å²) in [4.78, 5) is 16.4. The van der Waals surface area contributed by atoms with Crippen molar-refractivity contribution in [3.05, 3.63) is 59.5 Å². The van der Waals surface area contributed by atoms with Crippen molar-refractivity contribution >= 4 is 11.6 Å². The molecule has 2 N–H and O–H groups in total. The van der Waals surface area contributed by atoms with Gasteiger partial charge >= 0.3 is 0 Å². The number of Topliss-reactive ketones (excluding diaryl/α,β-unsaturated/α-hetero) is 1. The van der Waals surface area contributed by atoms with Gasteiger partial charge in [0, 0.05) is 18.0 Å². The van der Waals surface area contributed by atoms with Crippen LogP contribution in [0.25, 0.3) is 0 Å². The summed E-state index contributed by atoms with van der Waals surface area (Å²) in [5, 5.41) is 0. The van der Waals surface area contributed by atoms with Crippen LogP contribution in [0.1, 0.15) is 25.0 Å². The highest BCUT2D eigenvalue weighted by molar-refractivity contribution is 5.91. The Kier molecular flexibility index (Phi) is 3.84. The van der Waals surface area contributed by atoms with Crippen LogP contribution in [0.2, 0.25) is 0 Å². The van der Waals surface area contributed by atoms with Crippen LogP contribution in [0.15, 0.2) is 42.6 Å². The lowest BCUT2D eigenvalue weighted by Crippen LogP contribution is -2.30. The Morgan fingerprint density at radius 2 is 1.90 bits per heavy atom. The molecule has 2 aromatic rings. The second-order valence-electron chi connectivity index (χ2n) is 5.32. The van der Waals surface area contributed by atoms with Crippen LogP contribution in [0, 0.1) is 5.82 Å². The van der Waals surface area contributed by atoms with Gasteiger partial charge in [0.05, 0.1) is 0 Å². The van der Waals surface area contributed by atoms with Crippen LogP contribution in [0.3, 0.4) is 0 Å². The number of nitrogens with two attached hydrogens (primary N) is 1. The van der Waals surface area contributed by atoms with E-state index in [0.29, 0.717) is 5.82 Å². The van der Waals surface area contributed by atoms with Gasteiger partial charge in [-0.3, -0.25) is 4.79 Å². The minimum absolute atomic E-state index is 0.0507. The number of rotatable bonds is 4. The van der Waals surface area contributed by atoms with Gasteiger partial charge < -0.3 is 5.73 Å². The first kappa shape index (κ1) is 14.2. The first-order chi connectivity index (χ1) is 9.39. The van der Waals surface area contributed by atoms with E-state index >= 15 is 0 Å². The molecule has 104 valence electrons. The number of halogens is 1. The maximum atomic E-state index is 13.0. The van der Waals surface area contributed by atoms with Crippen LogP contribution >= 0.6 is 0 Å². The van der Waals surface area contributed by atoms with Crippen LogP contribution < -0.4 is 5.73 Å². The molecule has 0 saturated heterocycles. The highest BCUT2D eigenvalue weighted by atomic mass is 19.1. The maximum Gasteiger partial charge on any atom is 0.147 e. The van der Waals surface area contributed by atoms with Gasteiger partial charge in [-0.1, -0.05) is 12.1 Å². The zero-order chi connectivity index (χ0) is 14.8. The number of hydrogen-bond acceptors (Lipinski definition) is 3. The smallest absolute Gasteiger partial charge is 0.147 e. The highest BCUT2D eigenvalue weighted by Crippen LogP contribution is 2.26. The van der Waals surface area contributed by atoms with Gasteiger partial charge in [-0.15, -0.1) is 0 Å². The molecule has 0 unspecified atom stereocenters. The fraction of sp³-hybridized carbons (Fsp3) is 0.250. The predicted octanol–water partition coefficient (Wildman–Crippen LogP) is 2.89. The Labute approximate surface area is 117 Å². The number of pyridine rings is 1. The van der Waals surface area contributed by atoms with Gasteiger partial charge in [-0.2, -0.15) is 0 Å². The van der Waals surface area contributed by atoms with Crippen LogP contribution in [0.4, 0.5) is 10.2 Å². The van der Waals surface area contributed by atoms with E-state index in [0.717, 1.165) is 11.1 Å². The Bertz CT molecular complexity index is 621. The fourth-order valence-electron chi connectivity index (χ4n) is 2.04. The molecule has 0 saturated carbocycles. The standard InChI is InChI=1S/C16H17FN2O/c1-16(2,12-3-5-13(17)6-4-12)14(20)9-11-7-8-19-15(18)10-11/h3-8,10H,9H2,1-2H3,(H2,18,19). The zero-order valence-electron chi connectivity index (χ0n) is 11.6. The monoisotopic (exact) mass is 272 g/mol. The Balaban J connectivity index is 2.21. The summed E-state index contributed by atoms with van der Waals surface area (Å²) in [5.74, 6) is 0.142. The lowest BCUT2D eigenvalue weighted by Gasteiger charge is -2.23. The van der Waals surface area contributed by atoms with Gasteiger partial charge in [0.1, 0.15) is 17.4 Å². The molecule has 0 aliphatic heterocycles. The maximum absolute atomic E-state index is 13.0. The number of aromatic nitrogens is 1. The van der Waals surface area contributed by atoms with E-state index in [-0.39, 0.29) is 18.0 Å². The molecule has 0 atom stereocenters. The summed E-state index contributed by atoms with van der Waals surface area (Å²) in [5.41, 5.74) is 6.56. The first-order valence-corrected chi connectivity index (χ1v) is 6.39. The topological polar surface area (TPSA) is 56.0 Å². The summed E-state index contributed by atoms with van der Waals surface area (Å²) in [7, 11) is 0. The third-order valence-electron chi connectivity index (χ3n) is 3.47. The molecule has 0 aliphatic rings. The Morgan fingerprint density at radius 1 is 1.25 bits per heavy atom. The van der Waals surface area contributed by atoms with Crippen LogP contribution in [-0.4, -0.2) is 10.8 Å². The third-order valence-corrected chi connectivity index (χ3v) is 3.47. The normalized spacial score (nSPS) is 11.3. The van der Waals surface area contributed by atoms with Crippen molar-refractivity contribution in [2.24, 2.45) is 0 Å². The van der Waals surface area contributed by atoms with Crippen molar-refractivity contribution in [2.75, 3.05) is 5.73 Å². The molecule has 1 aromatic heterocycles. The average molecular weight is 272 g/mol. The third kappa shape index (κ3) is 3.02. The van der Waals surface area contributed by atoms with Gasteiger partial charge in [0.2, 0.25) is 0 Å². The zero-order valence-corrected chi connectivity index (χ0v) is 11.6. The van der Waals surface area contributed by atoms with E-state index in [2.05, 4.69) is 4.98 Å². The summed E-state index contributed by atoms with van der Waals surface area (Å²) in [6, 6.07) is 9.50. The van der Waals surface area contributed by atoms with Crippen molar-refractivity contribution < 1.29 is 9.18 Å². The van der Waals surface area contributed by atoms with E-state index in [1.54, 1.807) is 30.5 Å². The second kappa shape index (κ2) is 5.41. The molecule has 2 rings (SSSR count). The number of nitrogen functional groups attached to an aromatic ring is 1. The largest absolute Gasteiger partial charge is 0.384 e.